The summed E-state index contributed by atoms with van der Waals surface area (Å²) in [4.78, 5) is 13.8. The maximum Gasteiger partial charge on any atom is 0.226 e. The number of methoxy groups -OCH3 is 1. The number of nitrogens with zero attached hydrogens (tertiary/aromatic N) is 1. The van der Waals surface area contributed by atoms with E-state index < -0.39 is 0 Å². The molecule has 0 heterocycles. The van der Waals surface area contributed by atoms with Gasteiger partial charge in [-0.25, -0.2) is 0 Å². The zero-order valence-electron chi connectivity index (χ0n) is 13.0. The van der Waals surface area contributed by atoms with Crippen LogP contribution in [0.5, 0.6) is 11.5 Å². The Balaban J connectivity index is 1.80. The van der Waals surface area contributed by atoms with Gasteiger partial charge in [0.2, 0.25) is 5.91 Å². The molecule has 2 aromatic rings. The Kier molecular flexibility index (Phi) is 5.83. The number of carbonyl (C=O) groups is 1. The lowest BCUT2D eigenvalue weighted by Crippen LogP contribution is -2.27. The Morgan fingerprint density at radius 1 is 1.00 bits per heavy atom. The Bertz CT molecular complexity index is 598. The van der Waals surface area contributed by atoms with Crippen molar-refractivity contribution < 1.29 is 14.3 Å². The summed E-state index contributed by atoms with van der Waals surface area (Å²) in [5.74, 6) is 1.38. The SMILES string of the molecule is COc1ccccc1OCCC(=O)N(C)Cc1ccccc1. The summed E-state index contributed by atoms with van der Waals surface area (Å²) < 4.78 is 10.8. The summed E-state index contributed by atoms with van der Waals surface area (Å²) >= 11 is 0. The monoisotopic (exact) mass is 299 g/mol. The van der Waals surface area contributed by atoms with E-state index in [1.165, 1.54) is 0 Å². The van der Waals surface area contributed by atoms with Crippen molar-refractivity contribution in [1.29, 1.82) is 0 Å². The molecule has 0 radical (unpaired) electrons. The molecule has 2 aromatic carbocycles. The first-order valence-corrected chi connectivity index (χ1v) is 7.24. The first-order valence-electron chi connectivity index (χ1n) is 7.24. The predicted molar refractivity (Wildman–Crippen MR) is 86.0 cm³/mol. The van der Waals surface area contributed by atoms with E-state index in [9.17, 15) is 4.79 Å². The molecule has 0 saturated carbocycles. The van der Waals surface area contributed by atoms with Gasteiger partial charge in [-0.1, -0.05) is 42.5 Å². The van der Waals surface area contributed by atoms with Crippen LogP contribution in [0.4, 0.5) is 0 Å². The van der Waals surface area contributed by atoms with Crippen molar-refractivity contribution >= 4 is 5.91 Å². The topological polar surface area (TPSA) is 38.8 Å². The summed E-state index contributed by atoms with van der Waals surface area (Å²) in [5.41, 5.74) is 1.11. The number of para-hydroxylation sites is 2. The largest absolute Gasteiger partial charge is 0.493 e. The molecule has 0 atom stereocenters. The number of hydrogen-bond acceptors (Lipinski definition) is 3. The molecule has 2 rings (SSSR count). The van der Waals surface area contributed by atoms with Crippen LogP contribution in [-0.2, 0) is 11.3 Å². The molecule has 0 saturated heterocycles. The van der Waals surface area contributed by atoms with Crippen molar-refractivity contribution in [2.75, 3.05) is 20.8 Å². The Hall–Kier alpha value is -2.49. The minimum absolute atomic E-state index is 0.0544. The van der Waals surface area contributed by atoms with Crippen LogP contribution in [0.3, 0.4) is 0 Å². The van der Waals surface area contributed by atoms with Gasteiger partial charge in [0.1, 0.15) is 0 Å². The average molecular weight is 299 g/mol. The standard InChI is InChI=1S/C18H21NO3/c1-19(14-15-8-4-3-5-9-15)18(20)12-13-22-17-11-7-6-10-16(17)21-2/h3-11H,12-14H2,1-2H3. The van der Waals surface area contributed by atoms with Gasteiger partial charge in [0.05, 0.1) is 20.1 Å². The van der Waals surface area contributed by atoms with Crippen LogP contribution < -0.4 is 9.47 Å². The molecule has 22 heavy (non-hydrogen) atoms. The highest BCUT2D eigenvalue weighted by atomic mass is 16.5. The van der Waals surface area contributed by atoms with Crippen molar-refractivity contribution in [3.05, 3.63) is 60.2 Å². The van der Waals surface area contributed by atoms with Crippen LogP contribution in [0.15, 0.2) is 54.6 Å². The van der Waals surface area contributed by atoms with Gasteiger partial charge in [-0.15, -0.1) is 0 Å². The first-order chi connectivity index (χ1) is 10.7. The quantitative estimate of drug-likeness (QED) is 0.788. The van der Waals surface area contributed by atoms with Crippen LogP contribution >= 0.6 is 0 Å². The van der Waals surface area contributed by atoms with Crippen LogP contribution in [-0.4, -0.2) is 31.6 Å². The minimum atomic E-state index is 0.0544. The molecule has 0 aromatic heterocycles. The van der Waals surface area contributed by atoms with E-state index in [-0.39, 0.29) is 5.91 Å². The predicted octanol–water partition coefficient (Wildman–Crippen LogP) is 3.12. The molecule has 0 aliphatic rings. The van der Waals surface area contributed by atoms with Crippen LogP contribution in [0.2, 0.25) is 0 Å². The molecule has 0 bridgehead atoms. The molecule has 0 aliphatic heterocycles. The lowest BCUT2D eigenvalue weighted by atomic mass is 10.2. The Labute approximate surface area is 131 Å². The van der Waals surface area contributed by atoms with Crippen molar-refractivity contribution in [1.82, 2.24) is 4.90 Å². The number of rotatable bonds is 7. The van der Waals surface area contributed by atoms with Crippen molar-refractivity contribution in [3.63, 3.8) is 0 Å². The summed E-state index contributed by atoms with van der Waals surface area (Å²) in [6, 6.07) is 17.3. The molecule has 116 valence electrons. The van der Waals surface area contributed by atoms with Crippen molar-refractivity contribution in [2.45, 2.75) is 13.0 Å². The van der Waals surface area contributed by atoms with E-state index in [0.29, 0.717) is 31.1 Å². The molecular weight excluding hydrogens is 278 g/mol. The third kappa shape index (κ3) is 4.52. The first kappa shape index (κ1) is 15.9. The average Bonchev–Trinajstić information content (AvgIpc) is 2.56. The van der Waals surface area contributed by atoms with Crippen LogP contribution in [0.1, 0.15) is 12.0 Å². The zero-order chi connectivity index (χ0) is 15.8. The highest BCUT2D eigenvalue weighted by molar-refractivity contribution is 5.76. The molecule has 1 amide bonds. The summed E-state index contributed by atoms with van der Waals surface area (Å²) in [7, 11) is 3.40. The highest BCUT2D eigenvalue weighted by Crippen LogP contribution is 2.25. The maximum absolute atomic E-state index is 12.1. The fourth-order valence-corrected chi connectivity index (χ4v) is 2.12. The summed E-state index contributed by atoms with van der Waals surface area (Å²) in [6.07, 6.45) is 0.335. The third-order valence-electron chi connectivity index (χ3n) is 3.33. The second-order valence-electron chi connectivity index (χ2n) is 4.98. The molecule has 0 spiro atoms. The van der Waals surface area contributed by atoms with E-state index in [2.05, 4.69) is 0 Å². The van der Waals surface area contributed by atoms with Gasteiger partial charge in [0.15, 0.2) is 11.5 Å². The zero-order valence-corrected chi connectivity index (χ0v) is 13.0. The number of amides is 1. The second-order valence-corrected chi connectivity index (χ2v) is 4.98. The number of benzene rings is 2. The molecular formula is C18H21NO3. The molecule has 4 nitrogen and oxygen atoms in total. The van der Waals surface area contributed by atoms with Gasteiger partial charge in [0.25, 0.3) is 0 Å². The van der Waals surface area contributed by atoms with Crippen LogP contribution in [0, 0.1) is 0 Å². The molecule has 4 heteroatoms. The van der Waals surface area contributed by atoms with Crippen molar-refractivity contribution in [3.8, 4) is 11.5 Å². The van der Waals surface area contributed by atoms with Gasteiger partial charge in [-0.2, -0.15) is 0 Å². The van der Waals surface area contributed by atoms with E-state index in [0.717, 1.165) is 5.56 Å². The lowest BCUT2D eigenvalue weighted by molar-refractivity contribution is -0.130. The summed E-state index contributed by atoms with van der Waals surface area (Å²) in [6.45, 7) is 0.937. The Morgan fingerprint density at radius 3 is 2.32 bits per heavy atom. The molecule has 0 aliphatic carbocycles. The molecule has 0 unspecified atom stereocenters. The van der Waals surface area contributed by atoms with Gasteiger partial charge in [-0.3, -0.25) is 4.79 Å². The second kappa shape index (κ2) is 8.08. The Morgan fingerprint density at radius 2 is 1.64 bits per heavy atom. The third-order valence-corrected chi connectivity index (χ3v) is 3.33. The van der Waals surface area contributed by atoms with E-state index in [1.54, 1.807) is 19.1 Å². The molecule has 0 fully saturated rings. The fourth-order valence-electron chi connectivity index (χ4n) is 2.12. The van der Waals surface area contributed by atoms with Gasteiger partial charge >= 0.3 is 0 Å². The van der Waals surface area contributed by atoms with E-state index in [4.69, 9.17) is 9.47 Å². The van der Waals surface area contributed by atoms with Gasteiger partial charge in [0, 0.05) is 13.6 Å². The summed E-state index contributed by atoms with van der Waals surface area (Å²) in [5, 5.41) is 0. The van der Waals surface area contributed by atoms with Crippen LogP contribution in [0.25, 0.3) is 0 Å². The molecule has 0 N–H and O–H groups in total. The number of ether oxygens (including phenoxy) is 2. The van der Waals surface area contributed by atoms with E-state index in [1.807, 2.05) is 54.6 Å². The fraction of sp³-hybridized carbons (Fsp3) is 0.278. The lowest BCUT2D eigenvalue weighted by Gasteiger charge is -2.17. The maximum atomic E-state index is 12.1. The number of hydrogen-bond donors (Lipinski definition) is 0. The van der Waals surface area contributed by atoms with E-state index >= 15 is 0 Å². The smallest absolute Gasteiger partial charge is 0.226 e. The van der Waals surface area contributed by atoms with Gasteiger partial charge in [-0.05, 0) is 17.7 Å². The number of carbonyl (C=O) groups excluding carboxylic acids is 1. The minimum Gasteiger partial charge on any atom is -0.493 e. The highest BCUT2D eigenvalue weighted by Gasteiger charge is 2.10. The van der Waals surface area contributed by atoms with Gasteiger partial charge < -0.3 is 14.4 Å². The van der Waals surface area contributed by atoms with Crippen molar-refractivity contribution in [2.24, 2.45) is 0 Å². The normalized spacial score (nSPS) is 10.1.